The second kappa shape index (κ2) is 10.9. The molecule has 0 spiro atoms. The predicted molar refractivity (Wildman–Crippen MR) is 142 cm³/mol. The van der Waals surface area contributed by atoms with Crippen molar-refractivity contribution < 1.29 is 0 Å². The Morgan fingerprint density at radius 3 is 2.38 bits per heavy atom. The van der Waals surface area contributed by atoms with Gasteiger partial charge in [-0.25, -0.2) is 0 Å². The van der Waals surface area contributed by atoms with Gasteiger partial charge in [0.15, 0.2) is 0 Å². The van der Waals surface area contributed by atoms with Gasteiger partial charge in [-0.3, -0.25) is 9.36 Å². The lowest BCUT2D eigenvalue weighted by Crippen LogP contribution is -2.21. The van der Waals surface area contributed by atoms with Crippen molar-refractivity contribution in [2.45, 2.75) is 85.4 Å². The molecule has 3 heterocycles. The van der Waals surface area contributed by atoms with E-state index in [0.29, 0.717) is 5.92 Å². The van der Waals surface area contributed by atoms with Gasteiger partial charge in [0, 0.05) is 48.2 Å². The fourth-order valence-corrected chi connectivity index (χ4v) is 5.69. The van der Waals surface area contributed by atoms with E-state index in [-0.39, 0.29) is 11.5 Å². The van der Waals surface area contributed by atoms with Crippen LogP contribution in [0.25, 0.3) is 0 Å². The molecule has 0 amide bonds. The van der Waals surface area contributed by atoms with E-state index in [1.807, 2.05) is 7.05 Å². The minimum absolute atomic E-state index is 0.0756. The lowest BCUT2D eigenvalue weighted by Gasteiger charge is -2.22. The van der Waals surface area contributed by atoms with Crippen molar-refractivity contribution in [3.63, 3.8) is 0 Å². The average Bonchev–Trinajstić information content (AvgIpc) is 3.39. The monoisotopic (exact) mass is 471 g/mol. The second-order valence-electron chi connectivity index (χ2n) is 11.7. The maximum absolute atomic E-state index is 5.12. The molecular weight excluding hydrogens is 422 g/mol. The van der Waals surface area contributed by atoms with Crippen molar-refractivity contribution in [2.24, 2.45) is 5.92 Å². The average molecular weight is 472 g/mol. The van der Waals surface area contributed by atoms with Crippen molar-refractivity contribution in [3.05, 3.63) is 33.9 Å². The predicted octanol–water partition coefficient (Wildman–Crippen LogP) is 3.57. The van der Waals surface area contributed by atoms with E-state index in [1.54, 1.807) is 0 Å². The highest BCUT2D eigenvalue weighted by molar-refractivity contribution is 5.35. The third-order valence-electron chi connectivity index (χ3n) is 7.46. The first-order valence-corrected chi connectivity index (χ1v) is 13.1. The summed E-state index contributed by atoms with van der Waals surface area (Å²) in [6.07, 6.45) is 3.18. The SMILES string of the molecule is CNC(C)c1c(CCc2c(C(C)(C)C)c(C)nn2CC2CCN(C)C2)nn(CCN(C)C)c1C. The summed E-state index contributed by atoms with van der Waals surface area (Å²) in [5, 5.41) is 13.7. The fraction of sp³-hybridized carbons (Fsp3) is 0.778. The summed E-state index contributed by atoms with van der Waals surface area (Å²) in [5.74, 6) is 0.684. The maximum Gasteiger partial charge on any atom is 0.0679 e. The summed E-state index contributed by atoms with van der Waals surface area (Å²) in [4.78, 5) is 4.67. The zero-order valence-corrected chi connectivity index (χ0v) is 23.5. The van der Waals surface area contributed by atoms with Gasteiger partial charge in [0.05, 0.1) is 17.9 Å². The van der Waals surface area contributed by atoms with Crippen molar-refractivity contribution in [1.29, 1.82) is 0 Å². The Kier molecular flexibility index (Phi) is 8.64. The summed E-state index contributed by atoms with van der Waals surface area (Å²) >= 11 is 0. The Bertz CT molecular complexity index is 947. The number of hydrogen-bond donors (Lipinski definition) is 1. The molecule has 7 nitrogen and oxygen atoms in total. The summed E-state index contributed by atoms with van der Waals surface area (Å²) in [6, 6.07) is 0.283. The molecule has 7 heteroatoms. The molecule has 1 aliphatic heterocycles. The molecule has 2 aromatic heterocycles. The number of nitrogens with zero attached hydrogens (tertiary/aromatic N) is 6. The summed E-state index contributed by atoms with van der Waals surface area (Å²) < 4.78 is 4.55. The number of likely N-dealkylation sites (N-methyl/N-ethyl adjacent to an activating group) is 1. The van der Waals surface area contributed by atoms with E-state index >= 15 is 0 Å². The number of likely N-dealkylation sites (tertiary alicyclic amines) is 1. The summed E-state index contributed by atoms with van der Waals surface area (Å²) in [5.41, 5.74) is 7.96. The Balaban J connectivity index is 1.92. The molecule has 2 unspecified atom stereocenters. The van der Waals surface area contributed by atoms with Crippen LogP contribution in [-0.4, -0.2) is 77.2 Å². The van der Waals surface area contributed by atoms with E-state index in [1.165, 1.54) is 53.4 Å². The summed E-state index contributed by atoms with van der Waals surface area (Å²) in [6.45, 7) is 18.9. The van der Waals surface area contributed by atoms with Gasteiger partial charge in [0.25, 0.3) is 0 Å². The molecule has 1 aliphatic rings. The van der Waals surface area contributed by atoms with Gasteiger partial charge >= 0.3 is 0 Å². The molecule has 2 atom stereocenters. The highest BCUT2D eigenvalue weighted by Crippen LogP contribution is 2.32. The molecule has 3 rings (SSSR count). The van der Waals surface area contributed by atoms with Crippen LogP contribution in [0.2, 0.25) is 0 Å². The third-order valence-corrected chi connectivity index (χ3v) is 7.46. The molecule has 0 aliphatic carbocycles. The topological polar surface area (TPSA) is 54.2 Å². The smallest absolute Gasteiger partial charge is 0.0679 e. The highest BCUT2D eigenvalue weighted by Gasteiger charge is 2.29. The lowest BCUT2D eigenvalue weighted by molar-refractivity contribution is 0.365. The van der Waals surface area contributed by atoms with Gasteiger partial charge in [0.2, 0.25) is 0 Å². The third kappa shape index (κ3) is 6.10. The molecule has 1 saturated heterocycles. The van der Waals surface area contributed by atoms with Crippen molar-refractivity contribution in [2.75, 3.05) is 47.8 Å². The van der Waals surface area contributed by atoms with Gasteiger partial charge in [-0.2, -0.15) is 10.2 Å². The molecule has 1 fully saturated rings. The zero-order chi connectivity index (χ0) is 25.2. The van der Waals surface area contributed by atoms with E-state index < -0.39 is 0 Å². The van der Waals surface area contributed by atoms with Gasteiger partial charge in [-0.15, -0.1) is 0 Å². The van der Waals surface area contributed by atoms with Crippen molar-refractivity contribution in [3.8, 4) is 0 Å². The van der Waals surface area contributed by atoms with Crippen LogP contribution in [0.5, 0.6) is 0 Å². The van der Waals surface area contributed by atoms with Crippen molar-refractivity contribution >= 4 is 0 Å². The Hall–Kier alpha value is -1.70. The molecule has 0 saturated carbocycles. The highest BCUT2D eigenvalue weighted by atomic mass is 15.3. The Morgan fingerprint density at radius 2 is 1.82 bits per heavy atom. The van der Waals surface area contributed by atoms with E-state index in [0.717, 1.165) is 32.5 Å². The summed E-state index contributed by atoms with van der Waals surface area (Å²) in [7, 11) is 8.52. The first-order valence-electron chi connectivity index (χ1n) is 13.1. The largest absolute Gasteiger partial charge is 0.313 e. The molecule has 2 aromatic rings. The van der Waals surface area contributed by atoms with Crippen LogP contribution in [0, 0.1) is 19.8 Å². The standard InChI is InChI=1S/C27H49N7/c1-19(28-7)25-21(3)33(16-15-31(8)9)30-23(25)11-12-24-26(27(4,5)6)20(2)29-34(24)18-22-13-14-32(10)17-22/h19,22,28H,11-18H2,1-10H3. The zero-order valence-electron chi connectivity index (χ0n) is 23.5. The van der Waals surface area contributed by atoms with E-state index in [4.69, 9.17) is 10.2 Å². The Labute approximate surface area is 207 Å². The van der Waals surface area contributed by atoms with Crippen LogP contribution in [0.15, 0.2) is 0 Å². The number of hydrogen-bond acceptors (Lipinski definition) is 5. The first-order chi connectivity index (χ1) is 15.9. The van der Waals surface area contributed by atoms with Gasteiger partial charge in [0.1, 0.15) is 0 Å². The minimum Gasteiger partial charge on any atom is -0.313 e. The Morgan fingerprint density at radius 1 is 1.12 bits per heavy atom. The number of aromatic nitrogens is 4. The van der Waals surface area contributed by atoms with Gasteiger partial charge in [-0.05, 0) is 86.1 Å². The fourth-order valence-electron chi connectivity index (χ4n) is 5.69. The molecule has 0 aromatic carbocycles. The molecule has 34 heavy (non-hydrogen) atoms. The molecule has 0 bridgehead atoms. The number of aryl methyl sites for hydroxylation is 2. The number of rotatable bonds is 10. The van der Waals surface area contributed by atoms with Crippen LogP contribution in [0.4, 0.5) is 0 Å². The van der Waals surface area contributed by atoms with E-state index in [9.17, 15) is 0 Å². The van der Waals surface area contributed by atoms with E-state index in [2.05, 4.69) is 87.2 Å². The van der Waals surface area contributed by atoms with Crippen molar-refractivity contribution in [1.82, 2.24) is 34.7 Å². The molecule has 1 N–H and O–H groups in total. The molecule has 192 valence electrons. The van der Waals surface area contributed by atoms with Crippen LogP contribution in [0.1, 0.15) is 74.1 Å². The van der Waals surface area contributed by atoms with Gasteiger partial charge < -0.3 is 15.1 Å². The normalized spacial score (nSPS) is 18.4. The van der Waals surface area contributed by atoms with Crippen LogP contribution in [-0.2, 0) is 31.3 Å². The number of nitrogens with one attached hydrogen (secondary N) is 1. The van der Waals surface area contributed by atoms with Crippen LogP contribution >= 0.6 is 0 Å². The lowest BCUT2D eigenvalue weighted by atomic mass is 9.84. The second-order valence-corrected chi connectivity index (χ2v) is 11.7. The molecular formula is C27H49N7. The molecule has 0 radical (unpaired) electrons. The first kappa shape index (κ1) is 26.9. The minimum atomic E-state index is 0.0756. The maximum atomic E-state index is 5.12. The van der Waals surface area contributed by atoms with Crippen LogP contribution < -0.4 is 5.32 Å². The van der Waals surface area contributed by atoms with Crippen LogP contribution in [0.3, 0.4) is 0 Å². The van der Waals surface area contributed by atoms with Gasteiger partial charge in [-0.1, -0.05) is 20.8 Å². The quantitative estimate of drug-likeness (QED) is 0.574.